The quantitative estimate of drug-likeness (QED) is 0.623. The first kappa shape index (κ1) is 11.8. The summed E-state index contributed by atoms with van der Waals surface area (Å²) in [6, 6.07) is 7.02. The Morgan fingerprint density at radius 3 is 1.94 bits per heavy atom. The number of carbonyl (C=O) groups excluding carboxylic acids is 2. The molecule has 1 aromatic carbocycles. The monoisotopic (exact) mass is 261 g/mol. The van der Waals surface area contributed by atoms with Crippen molar-refractivity contribution >= 4 is 24.4 Å². The van der Waals surface area contributed by atoms with Crippen LogP contribution in [0.25, 0.3) is 0 Å². The van der Waals surface area contributed by atoms with E-state index in [0.29, 0.717) is 11.1 Å². The Morgan fingerprint density at radius 1 is 0.944 bits per heavy atom. The van der Waals surface area contributed by atoms with Crippen molar-refractivity contribution in [2.24, 2.45) is 0 Å². The summed E-state index contributed by atoms with van der Waals surface area (Å²) in [5.74, 6) is -0.375. The molecule has 0 spiro atoms. The van der Waals surface area contributed by atoms with Gasteiger partial charge in [-0.1, -0.05) is 31.4 Å². The van der Waals surface area contributed by atoms with E-state index in [-0.39, 0.29) is 11.8 Å². The van der Waals surface area contributed by atoms with E-state index in [4.69, 9.17) is 0 Å². The van der Waals surface area contributed by atoms with Crippen molar-refractivity contribution in [3.05, 3.63) is 35.4 Å². The molecular weight excluding hydrogens is 246 g/mol. The minimum atomic E-state index is -0.592. The molecule has 0 aromatic heterocycles. The van der Waals surface area contributed by atoms with Crippen LogP contribution in [0.3, 0.4) is 0 Å². The van der Waals surface area contributed by atoms with Crippen molar-refractivity contribution in [1.82, 2.24) is 4.90 Å². The fourth-order valence-corrected chi connectivity index (χ4v) is 3.41. The number of imide groups is 1. The Bertz CT molecular complexity index is 485. The van der Waals surface area contributed by atoms with Gasteiger partial charge in [-0.15, -0.1) is 0 Å². The van der Waals surface area contributed by atoms with Crippen LogP contribution in [0, 0.1) is 0 Å². The van der Waals surface area contributed by atoms with Crippen molar-refractivity contribution in [1.29, 1.82) is 0 Å². The van der Waals surface area contributed by atoms with Gasteiger partial charge >= 0.3 is 0 Å². The predicted octanol–water partition coefficient (Wildman–Crippen LogP) is 2.87. The Morgan fingerprint density at radius 2 is 1.44 bits per heavy atom. The third-order valence-corrected chi connectivity index (χ3v) is 4.51. The Hall–Kier alpha value is -1.29. The number of thiol groups is 1. The van der Waals surface area contributed by atoms with Crippen LogP contribution in [-0.2, 0) is 0 Å². The topological polar surface area (TPSA) is 37.4 Å². The first-order valence-electron chi connectivity index (χ1n) is 6.34. The summed E-state index contributed by atoms with van der Waals surface area (Å²) in [7, 11) is 0. The zero-order valence-electron chi connectivity index (χ0n) is 10.1. The Kier molecular flexibility index (Phi) is 2.70. The zero-order valence-corrected chi connectivity index (χ0v) is 11.0. The van der Waals surface area contributed by atoms with Crippen LogP contribution in [-0.4, -0.2) is 21.6 Å². The summed E-state index contributed by atoms with van der Waals surface area (Å²) in [6.45, 7) is 0. The second-order valence-corrected chi connectivity index (χ2v) is 5.87. The average Bonchev–Trinajstić information content (AvgIpc) is 2.64. The van der Waals surface area contributed by atoms with E-state index < -0.39 is 4.87 Å². The standard InChI is InChI=1S/C14H15NO2S/c16-12-10-6-2-3-7-11(10)13(17)15(12)14(18)8-4-1-5-9-14/h2-3,6-7,18H,1,4-5,8-9H2. The van der Waals surface area contributed by atoms with Gasteiger partial charge in [0.25, 0.3) is 11.8 Å². The van der Waals surface area contributed by atoms with Gasteiger partial charge < -0.3 is 0 Å². The first-order valence-corrected chi connectivity index (χ1v) is 6.78. The molecule has 3 rings (SSSR count). The second kappa shape index (κ2) is 4.12. The fraction of sp³-hybridized carbons (Fsp3) is 0.429. The minimum absolute atomic E-state index is 0.187. The lowest BCUT2D eigenvalue weighted by molar-refractivity contribution is 0.0508. The molecule has 0 bridgehead atoms. The predicted molar refractivity (Wildman–Crippen MR) is 71.7 cm³/mol. The number of hydrogen-bond acceptors (Lipinski definition) is 3. The van der Waals surface area contributed by atoms with Gasteiger partial charge in [0.1, 0.15) is 0 Å². The largest absolute Gasteiger partial charge is 0.269 e. The van der Waals surface area contributed by atoms with Crippen molar-refractivity contribution in [3.8, 4) is 0 Å². The van der Waals surface area contributed by atoms with Crippen LogP contribution in [0.5, 0.6) is 0 Å². The maximum Gasteiger partial charge on any atom is 0.262 e. The molecule has 94 valence electrons. The fourth-order valence-electron chi connectivity index (χ4n) is 2.91. The van der Waals surface area contributed by atoms with E-state index in [0.717, 1.165) is 32.1 Å². The molecule has 2 amide bonds. The normalized spacial score (nSPS) is 22.2. The zero-order chi connectivity index (χ0) is 12.8. The van der Waals surface area contributed by atoms with Gasteiger partial charge in [-0.3, -0.25) is 14.5 Å². The summed E-state index contributed by atoms with van der Waals surface area (Å²) >= 11 is 4.65. The molecule has 1 heterocycles. The third-order valence-electron chi connectivity index (χ3n) is 3.86. The Labute approximate surface area is 112 Å². The van der Waals surface area contributed by atoms with Gasteiger partial charge in [-0.05, 0) is 25.0 Å². The molecule has 1 saturated carbocycles. The van der Waals surface area contributed by atoms with Gasteiger partial charge in [-0.25, -0.2) is 0 Å². The smallest absolute Gasteiger partial charge is 0.262 e. The lowest BCUT2D eigenvalue weighted by Gasteiger charge is -2.39. The summed E-state index contributed by atoms with van der Waals surface area (Å²) in [6.07, 6.45) is 4.79. The number of fused-ring (bicyclic) bond motifs is 1. The summed E-state index contributed by atoms with van der Waals surface area (Å²) in [4.78, 5) is 25.5. The van der Waals surface area contributed by atoms with Crippen LogP contribution in [0.1, 0.15) is 52.8 Å². The van der Waals surface area contributed by atoms with Crippen LogP contribution in [0.2, 0.25) is 0 Å². The lowest BCUT2D eigenvalue weighted by atomic mass is 9.93. The molecule has 0 unspecified atom stereocenters. The van der Waals surface area contributed by atoms with E-state index in [2.05, 4.69) is 12.6 Å². The Balaban J connectivity index is 2.01. The van der Waals surface area contributed by atoms with E-state index in [1.807, 2.05) is 0 Å². The van der Waals surface area contributed by atoms with Crippen LogP contribution < -0.4 is 0 Å². The summed E-state index contributed by atoms with van der Waals surface area (Å²) in [5, 5.41) is 0. The number of carbonyl (C=O) groups is 2. The second-order valence-electron chi connectivity index (χ2n) is 5.03. The van der Waals surface area contributed by atoms with Crippen molar-refractivity contribution in [3.63, 3.8) is 0 Å². The highest BCUT2D eigenvalue weighted by molar-refractivity contribution is 7.81. The lowest BCUT2D eigenvalue weighted by Crippen LogP contribution is -2.49. The van der Waals surface area contributed by atoms with Gasteiger partial charge in [0.2, 0.25) is 0 Å². The van der Waals surface area contributed by atoms with Crippen molar-refractivity contribution < 1.29 is 9.59 Å². The van der Waals surface area contributed by atoms with Crippen molar-refractivity contribution in [2.75, 3.05) is 0 Å². The van der Waals surface area contributed by atoms with E-state index in [1.165, 1.54) is 4.90 Å². The number of amides is 2. The minimum Gasteiger partial charge on any atom is -0.269 e. The summed E-state index contributed by atoms with van der Waals surface area (Å²) in [5.41, 5.74) is 1.03. The first-order chi connectivity index (χ1) is 8.63. The number of rotatable bonds is 1. The highest BCUT2D eigenvalue weighted by atomic mass is 32.1. The molecule has 0 N–H and O–H groups in total. The van der Waals surface area contributed by atoms with Crippen LogP contribution in [0.4, 0.5) is 0 Å². The van der Waals surface area contributed by atoms with Crippen molar-refractivity contribution in [2.45, 2.75) is 37.0 Å². The molecule has 1 fully saturated rings. The van der Waals surface area contributed by atoms with E-state index >= 15 is 0 Å². The molecule has 18 heavy (non-hydrogen) atoms. The third kappa shape index (κ3) is 1.59. The molecule has 0 atom stereocenters. The highest BCUT2D eigenvalue weighted by Crippen LogP contribution is 2.41. The molecule has 3 nitrogen and oxygen atoms in total. The van der Waals surface area contributed by atoms with Gasteiger partial charge in [0, 0.05) is 0 Å². The average molecular weight is 261 g/mol. The molecule has 1 aliphatic carbocycles. The molecule has 1 aliphatic heterocycles. The maximum atomic E-state index is 12.4. The maximum absolute atomic E-state index is 12.4. The van der Waals surface area contributed by atoms with Gasteiger partial charge in [0.15, 0.2) is 0 Å². The number of hydrogen-bond donors (Lipinski definition) is 1. The van der Waals surface area contributed by atoms with E-state index in [1.54, 1.807) is 24.3 Å². The molecule has 0 saturated heterocycles. The molecule has 0 radical (unpaired) electrons. The number of nitrogens with zero attached hydrogens (tertiary/aromatic N) is 1. The van der Waals surface area contributed by atoms with Crippen LogP contribution in [0.15, 0.2) is 24.3 Å². The van der Waals surface area contributed by atoms with Gasteiger partial charge in [0.05, 0.1) is 16.0 Å². The SMILES string of the molecule is O=C1c2ccccc2C(=O)N1C1(S)CCCCC1. The van der Waals surface area contributed by atoms with E-state index in [9.17, 15) is 9.59 Å². The summed E-state index contributed by atoms with van der Waals surface area (Å²) < 4.78 is 0. The molecular formula is C14H15NO2S. The highest BCUT2D eigenvalue weighted by Gasteiger charge is 2.47. The molecule has 2 aliphatic rings. The molecule has 1 aromatic rings. The van der Waals surface area contributed by atoms with Gasteiger partial charge in [-0.2, -0.15) is 12.6 Å². The molecule has 4 heteroatoms. The number of benzene rings is 1. The van der Waals surface area contributed by atoms with Crippen LogP contribution >= 0.6 is 12.6 Å².